The number of likely N-dealkylation sites (tertiary alicyclic amines) is 1. The van der Waals surface area contributed by atoms with Crippen LogP contribution < -0.4 is 5.32 Å². The van der Waals surface area contributed by atoms with Crippen molar-refractivity contribution in [3.63, 3.8) is 0 Å². The molecule has 0 aromatic heterocycles. The summed E-state index contributed by atoms with van der Waals surface area (Å²) in [5, 5.41) is 12.7. The lowest BCUT2D eigenvalue weighted by atomic mass is 9.85. The molecule has 17 heavy (non-hydrogen) atoms. The van der Waals surface area contributed by atoms with E-state index in [2.05, 4.69) is 23.2 Å². The van der Waals surface area contributed by atoms with Crippen LogP contribution in [0.25, 0.3) is 0 Å². The van der Waals surface area contributed by atoms with Gasteiger partial charge in [-0.2, -0.15) is 5.26 Å². The van der Waals surface area contributed by atoms with Gasteiger partial charge in [-0.25, -0.2) is 0 Å². The van der Waals surface area contributed by atoms with Gasteiger partial charge in [0.2, 0.25) is 0 Å². The molecule has 1 heterocycles. The van der Waals surface area contributed by atoms with Gasteiger partial charge < -0.3 is 0 Å². The lowest BCUT2D eigenvalue weighted by Crippen LogP contribution is -2.52. The monoisotopic (exact) mass is 235 g/mol. The molecule has 2 rings (SSSR count). The molecule has 0 aromatic rings. The summed E-state index contributed by atoms with van der Waals surface area (Å²) in [6, 6.07) is 3.21. The van der Waals surface area contributed by atoms with Crippen molar-refractivity contribution in [2.24, 2.45) is 5.92 Å². The van der Waals surface area contributed by atoms with Crippen molar-refractivity contribution < 1.29 is 0 Å². The van der Waals surface area contributed by atoms with E-state index in [4.69, 9.17) is 0 Å². The molecule has 3 heteroatoms. The van der Waals surface area contributed by atoms with Gasteiger partial charge in [-0.3, -0.25) is 10.2 Å². The predicted octanol–water partition coefficient (Wildman–Crippen LogP) is 2.14. The molecule has 0 spiro atoms. The molecule has 1 aliphatic carbocycles. The third-order valence-corrected chi connectivity index (χ3v) is 4.46. The van der Waals surface area contributed by atoms with Crippen molar-refractivity contribution >= 4 is 0 Å². The van der Waals surface area contributed by atoms with E-state index in [1.807, 2.05) is 6.92 Å². The van der Waals surface area contributed by atoms with Crippen LogP contribution in [0.4, 0.5) is 0 Å². The topological polar surface area (TPSA) is 39.1 Å². The van der Waals surface area contributed by atoms with Crippen molar-refractivity contribution in [1.29, 1.82) is 5.26 Å². The number of nitriles is 1. The van der Waals surface area contributed by atoms with E-state index in [0.717, 1.165) is 25.0 Å². The minimum absolute atomic E-state index is 0.374. The minimum Gasteiger partial charge on any atom is -0.299 e. The average molecular weight is 235 g/mol. The van der Waals surface area contributed by atoms with Gasteiger partial charge in [0.05, 0.1) is 6.07 Å². The number of rotatable bonds is 4. The second kappa shape index (κ2) is 5.37. The maximum Gasteiger partial charge on any atom is 0.116 e. The highest BCUT2D eigenvalue weighted by molar-refractivity contribution is 5.07. The zero-order chi connectivity index (χ0) is 12.3. The Labute approximate surface area is 105 Å². The van der Waals surface area contributed by atoms with E-state index in [9.17, 15) is 5.26 Å². The smallest absolute Gasteiger partial charge is 0.116 e. The van der Waals surface area contributed by atoms with Gasteiger partial charge in [-0.05, 0) is 45.2 Å². The number of hydrogen-bond donors (Lipinski definition) is 1. The van der Waals surface area contributed by atoms with Crippen molar-refractivity contribution in [3.8, 4) is 6.07 Å². The molecule has 3 atom stereocenters. The van der Waals surface area contributed by atoms with Crippen LogP contribution in [0.5, 0.6) is 0 Å². The molecule has 1 saturated heterocycles. The lowest BCUT2D eigenvalue weighted by molar-refractivity contribution is 0.155. The first-order chi connectivity index (χ1) is 8.18. The summed E-state index contributed by atoms with van der Waals surface area (Å²) >= 11 is 0. The maximum atomic E-state index is 9.33. The molecule has 3 unspecified atom stereocenters. The second-order valence-corrected chi connectivity index (χ2v) is 5.85. The second-order valence-electron chi connectivity index (χ2n) is 5.85. The highest BCUT2D eigenvalue weighted by Crippen LogP contribution is 2.36. The van der Waals surface area contributed by atoms with E-state index >= 15 is 0 Å². The molecular formula is C14H25N3. The van der Waals surface area contributed by atoms with Crippen molar-refractivity contribution in [2.75, 3.05) is 19.6 Å². The van der Waals surface area contributed by atoms with Gasteiger partial charge in [-0.1, -0.05) is 19.8 Å². The summed E-state index contributed by atoms with van der Waals surface area (Å²) in [6.07, 6.45) is 6.89. The van der Waals surface area contributed by atoms with E-state index in [1.165, 1.54) is 38.6 Å². The van der Waals surface area contributed by atoms with Crippen molar-refractivity contribution in [3.05, 3.63) is 0 Å². The van der Waals surface area contributed by atoms with Crippen LogP contribution in [0.1, 0.15) is 46.0 Å². The number of fused-ring (bicyclic) bond motifs is 1. The fourth-order valence-electron chi connectivity index (χ4n) is 3.63. The quantitative estimate of drug-likeness (QED) is 0.811. The SMILES string of the molecule is CCNC(C)(C#N)CN1CCC2CCCCC21. The molecule has 0 bridgehead atoms. The van der Waals surface area contributed by atoms with Gasteiger partial charge in [0.1, 0.15) is 5.54 Å². The van der Waals surface area contributed by atoms with E-state index in [-0.39, 0.29) is 5.54 Å². The molecule has 1 saturated carbocycles. The molecule has 0 radical (unpaired) electrons. The number of hydrogen-bond acceptors (Lipinski definition) is 3. The highest BCUT2D eigenvalue weighted by atomic mass is 15.2. The van der Waals surface area contributed by atoms with Crippen LogP contribution >= 0.6 is 0 Å². The summed E-state index contributed by atoms with van der Waals surface area (Å²) in [5.74, 6) is 0.910. The minimum atomic E-state index is -0.374. The normalized spacial score (nSPS) is 32.8. The van der Waals surface area contributed by atoms with Crippen LogP contribution in [0.3, 0.4) is 0 Å². The summed E-state index contributed by atoms with van der Waals surface area (Å²) in [4.78, 5) is 2.57. The Balaban J connectivity index is 1.97. The van der Waals surface area contributed by atoms with E-state index in [1.54, 1.807) is 0 Å². The van der Waals surface area contributed by atoms with Crippen LogP contribution in [0.15, 0.2) is 0 Å². The molecule has 0 aromatic carbocycles. The maximum absolute atomic E-state index is 9.33. The Morgan fingerprint density at radius 3 is 2.82 bits per heavy atom. The van der Waals surface area contributed by atoms with E-state index < -0.39 is 0 Å². The molecule has 0 amide bonds. The predicted molar refractivity (Wildman–Crippen MR) is 69.6 cm³/mol. The van der Waals surface area contributed by atoms with Gasteiger partial charge >= 0.3 is 0 Å². The zero-order valence-electron chi connectivity index (χ0n) is 11.2. The molecule has 2 aliphatic rings. The van der Waals surface area contributed by atoms with Crippen molar-refractivity contribution in [1.82, 2.24) is 10.2 Å². The van der Waals surface area contributed by atoms with Crippen LogP contribution in [0, 0.1) is 17.2 Å². The largest absolute Gasteiger partial charge is 0.299 e. The van der Waals surface area contributed by atoms with Crippen LogP contribution in [-0.4, -0.2) is 36.1 Å². The van der Waals surface area contributed by atoms with Crippen LogP contribution in [0.2, 0.25) is 0 Å². The van der Waals surface area contributed by atoms with Crippen molar-refractivity contribution in [2.45, 2.75) is 57.5 Å². The molecule has 1 N–H and O–H groups in total. The summed E-state index contributed by atoms with van der Waals surface area (Å²) in [6.45, 7) is 7.05. The Hall–Kier alpha value is -0.590. The van der Waals surface area contributed by atoms with Gasteiger partial charge in [-0.15, -0.1) is 0 Å². The fraction of sp³-hybridized carbons (Fsp3) is 0.929. The Kier molecular flexibility index (Phi) is 4.06. The number of nitrogens with zero attached hydrogens (tertiary/aromatic N) is 2. The number of nitrogens with one attached hydrogen (secondary N) is 1. The van der Waals surface area contributed by atoms with E-state index in [0.29, 0.717) is 0 Å². The molecule has 1 aliphatic heterocycles. The standard InChI is InChI=1S/C14H25N3/c1-3-16-14(2,10-15)11-17-9-8-12-6-4-5-7-13(12)17/h12-13,16H,3-9,11H2,1-2H3. The Morgan fingerprint density at radius 1 is 1.35 bits per heavy atom. The molecular weight excluding hydrogens is 210 g/mol. The zero-order valence-corrected chi connectivity index (χ0v) is 11.2. The van der Waals surface area contributed by atoms with Gasteiger partial charge in [0, 0.05) is 12.6 Å². The highest BCUT2D eigenvalue weighted by Gasteiger charge is 2.38. The Morgan fingerprint density at radius 2 is 2.12 bits per heavy atom. The first-order valence-electron chi connectivity index (χ1n) is 7.09. The lowest BCUT2D eigenvalue weighted by Gasteiger charge is -2.36. The first kappa shape index (κ1) is 12.9. The average Bonchev–Trinajstić information content (AvgIpc) is 2.73. The molecule has 2 fully saturated rings. The summed E-state index contributed by atoms with van der Waals surface area (Å²) in [5.41, 5.74) is -0.374. The molecule has 3 nitrogen and oxygen atoms in total. The number of likely N-dealkylation sites (N-methyl/N-ethyl adjacent to an activating group) is 1. The molecule has 96 valence electrons. The summed E-state index contributed by atoms with van der Waals surface area (Å²) in [7, 11) is 0. The first-order valence-corrected chi connectivity index (χ1v) is 7.09. The van der Waals surface area contributed by atoms with Crippen LogP contribution in [-0.2, 0) is 0 Å². The van der Waals surface area contributed by atoms with Gasteiger partial charge in [0.25, 0.3) is 0 Å². The fourth-order valence-corrected chi connectivity index (χ4v) is 3.63. The third-order valence-electron chi connectivity index (χ3n) is 4.46. The van der Waals surface area contributed by atoms with Gasteiger partial charge in [0.15, 0.2) is 0 Å². The third kappa shape index (κ3) is 2.81. The summed E-state index contributed by atoms with van der Waals surface area (Å²) < 4.78 is 0. The Bertz CT molecular complexity index is 296.